The molecule has 0 aromatic heterocycles. The van der Waals surface area contributed by atoms with Gasteiger partial charge in [-0.05, 0) is 83.5 Å². The number of carbonyl (C=O) groups excluding carboxylic acids is 1. The number of hydrogen-bond donors (Lipinski definition) is 0. The third-order valence-electron chi connectivity index (χ3n) is 8.07. The van der Waals surface area contributed by atoms with Crippen LogP contribution in [0.5, 0.6) is 11.5 Å². The Morgan fingerprint density at radius 3 is 1.79 bits per heavy atom. The fraction of sp³-hybridized carbons (Fsp3) is 0.361. The lowest BCUT2D eigenvalue weighted by atomic mass is 9.70. The van der Waals surface area contributed by atoms with Crippen LogP contribution >= 0.6 is 0 Å². The van der Waals surface area contributed by atoms with Crippen molar-refractivity contribution in [3.8, 4) is 11.5 Å². The van der Waals surface area contributed by atoms with Gasteiger partial charge in [-0.15, -0.1) is 0 Å². The summed E-state index contributed by atoms with van der Waals surface area (Å²) in [6, 6.07) is 27.9. The number of ether oxygens (including phenoxy) is 2. The average Bonchev–Trinajstić information content (AvgIpc) is 2.92. The highest BCUT2D eigenvalue weighted by Crippen LogP contribution is 2.41. The molecule has 4 aromatic carbocycles. The first-order chi connectivity index (χ1) is 18.6. The number of aryl methyl sites for hydroxylation is 2. The van der Waals surface area contributed by atoms with Gasteiger partial charge < -0.3 is 9.47 Å². The molecule has 0 spiro atoms. The molecule has 0 fully saturated rings. The van der Waals surface area contributed by atoms with Crippen LogP contribution in [0.3, 0.4) is 0 Å². The minimum Gasteiger partial charge on any atom is -0.489 e. The van der Waals surface area contributed by atoms with E-state index in [-0.39, 0.29) is 17.8 Å². The second-order valence-electron chi connectivity index (χ2n) is 11.7. The Morgan fingerprint density at radius 1 is 0.692 bits per heavy atom. The fourth-order valence-corrected chi connectivity index (χ4v) is 5.30. The van der Waals surface area contributed by atoms with Crippen LogP contribution in [0.25, 0.3) is 10.8 Å². The van der Waals surface area contributed by atoms with Crippen LogP contribution in [-0.4, -0.2) is 12.4 Å². The standard InChI is InChI=1S/C36H42O3/c1-8-36(9-2,31-17-19-33(26(4)21-31)39-24-34(37)35(5,6)7)30-16-18-32(25(3)20-30)38-23-27-14-15-28-12-10-11-13-29(28)22-27/h10-22H,8-9,23-24H2,1-7H3. The van der Waals surface area contributed by atoms with Gasteiger partial charge in [-0.25, -0.2) is 0 Å². The van der Waals surface area contributed by atoms with E-state index in [2.05, 4.69) is 100 Å². The van der Waals surface area contributed by atoms with E-state index in [1.54, 1.807) is 0 Å². The monoisotopic (exact) mass is 522 g/mol. The second-order valence-corrected chi connectivity index (χ2v) is 11.7. The van der Waals surface area contributed by atoms with Crippen molar-refractivity contribution in [1.82, 2.24) is 0 Å². The molecule has 0 amide bonds. The van der Waals surface area contributed by atoms with Gasteiger partial charge in [0.05, 0.1) is 0 Å². The first-order valence-corrected chi connectivity index (χ1v) is 14.1. The number of ketones is 1. The SMILES string of the molecule is CCC(CC)(c1ccc(OCC(=O)C(C)(C)C)c(C)c1)c1ccc(OCc2ccc3ccccc3c2)c(C)c1. The molecule has 0 aliphatic rings. The van der Waals surface area contributed by atoms with E-state index >= 15 is 0 Å². The summed E-state index contributed by atoms with van der Waals surface area (Å²) in [7, 11) is 0. The molecule has 0 N–H and O–H groups in total. The number of fused-ring (bicyclic) bond motifs is 1. The molecule has 3 heteroatoms. The Morgan fingerprint density at radius 2 is 1.26 bits per heavy atom. The van der Waals surface area contributed by atoms with E-state index in [1.807, 2.05) is 26.8 Å². The highest BCUT2D eigenvalue weighted by atomic mass is 16.5. The van der Waals surface area contributed by atoms with Gasteiger partial charge >= 0.3 is 0 Å². The van der Waals surface area contributed by atoms with Crippen molar-refractivity contribution in [2.24, 2.45) is 5.41 Å². The van der Waals surface area contributed by atoms with E-state index in [9.17, 15) is 4.79 Å². The molecule has 3 nitrogen and oxygen atoms in total. The van der Waals surface area contributed by atoms with Gasteiger partial charge in [-0.2, -0.15) is 0 Å². The summed E-state index contributed by atoms with van der Waals surface area (Å²) in [6.45, 7) is 15.1. The quantitative estimate of drug-likeness (QED) is 0.208. The highest BCUT2D eigenvalue weighted by Gasteiger charge is 2.32. The van der Waals surface area contributed by atoms with E-state index < -0.39 is 5.41 Å². The summed E-state index contributed by atoms with van der Waals surface area (Å²) in [5.74, 6) is 1.78. The van der Waals surface area contributed by atoms with Crippen molar-refractivity contribution in [3.05, 3.63) is 107 Å². The molecule has 0 bridgehead atoms. The van der Waals surface area contributed by atoms with Crippen LogP contribution < -0.4 is 9.47 Å². The molecule has 0 atom stereocenters. The van der Waals surface area contributed by atoms with Gasteiger partial charge in [0.2, 0.25) is 0 Å². The summed E-state index contributed by atoms with van der Waals surface area (Å²) in [5, 5.41) is 2.47. The summed E-state index contributed by atoms with van der Waals surface area (Å²) in [4.78, 5) is 12.4. The maximum absolute atomic E-state index is 12.4. The first-order valence-electron chi connectivity index (χ1n) is 14.1. The van der Waals surface area contributed by atoms with Crippen molar-refractivity contribution in [3.63, 3.8) is 0 Å². The van der Waals surface area contributed by atoms with Crippen molar-refractivity contribution < 1.29 is 14.3 Å². The van der Waals surface area contributed by atoms with E-state index in [0.29, 0.717) is 6.61 Å². The van der Waals surface area contributed by atoms with Crippen LogP contribution in [-0.2, 0) is 16.8 Å². The van der Waals surface area contributed by atoms with E-state index in [1.165, 1.54) is 21.9 Å². The molecule has 0 unspecified atom stereocenters. The molecule has 4 aromatic rings. The zero-order valence-electron chi connectivity index (χ0n) is 24.6. The summed E-state index contributed by atoms with van der Waals surface area (Å²) < 4.78 is 12.2. The van der Waals surface area contributed by atoms with Gasteiger partial charge in [-0.1, -0.05) is 95.3 Å². The number of rotatable bonds is 10. The molecule has 4 rings (SSSR count). The molecule has 0 radical (unpaired) electrons. The fourth-order valence-electron chi connectivity index (χ4n) is 5.30. The highest BCUT2D eigenvalue weighted by molar-refractivity contribution is 5.85. The predicted molar refractivity (Wildman–Crippen MR) is 162 cm³/mol. The number of hydrogen-bond acceptors (Lipinski definition) is 3. The zero-order valence-corrected chi connectivity index (χ0v) is 24.6. The smallest absolute Gasteiger partial charge is 0.175 e. The minimum absolute atomic E-state index is 0.0935. The zero-order chi connectivity index (χ0) is 28.2. The van der Waals surface area contributed by atoms with Gasteiger partial charge in [-0.3, -0.25) is 4.79 Å². The van der Waals surface area contributed by atoms with E-state index in [4.69, 9.17) is 9.47 Å². The van der Waals surface area contributed by atoms with Gasteiger partial charge in [0.15, 0.2) is 5.78 Å². The lowest BCUT2D eigenvalue weighted by molar-refractivity contribution is -0.128. The van der Waals surface area contributed by atoms with Crippen molar-refractivity contribution in [1.29, 1.82) is 0 Å². The molecular formula is C36H42O3. The minimum atomic E-state index is -0.406. The molecule has 204 valence electrons. The second kappa shape index (κ2) is 11.7. The molecule has 0 saturated carbocycles. The van der Waals surface area contributed by atoms with Crippen molar-refractivity contribution >= 4 is 16.6 Å². The van der Waals surface area contributed by atoms with E-state index in [0.717, 1.165) is 41.0 Å². The first kappa shape index (κ1) is 28.4. The Bertz CT molecular complexity index is 1450. The van der Waals surface area contributed by atoms with Crippen molar-refractivity contribution in [2.45, 2.75) is 73.3 Å². The molecular weight excluding hydrogens is 480 g/mol. The number of carbonyl (C=O) groups is 1. The topological polar surface area (TPSA) is 35.5 Å². The normalized spacial score (nSPS) is 12.0. The van der Waals surface area contributed by atoms with Crippen LogP contribution in [0.2, 0.25) is 0 Å². The molecule has 0 saturated heterocycles. The summed E-state index contributed by atoms with van der Waals surface area (Å²) in [6.07, 6.45) is 1.95. The molecule has 39 heavy (non-hydrogen) atoms. The third-order valence-corrected chi connectivity index (χ3v) is 8.07. The van der Waals surface area contributed by atoms with Gasteiger partial charge in [0.1, 0.15) is 24.7 Å². The lowest BCUT2D eigenvalue weighted by Gasteiger charge is -2.34. The summed E-state index contributed by atoms with van der Waals surface area (Å²) >= 11 is 0. The van der Waals surface area contributed by atoms with Crippen LogP contribution in [0.1, 0.15) is 75.3 Å². The van der Waals surface area contributed by atoms with Crippen LogP contribution in [0, 0.1) is 19.3 Å². The Kier molecular flexibility index (Phi) is 8.49. The number of Topliss-reactive ketones (excluding diaryl/α,β-unsaturated/α-hetero) is 1. The van der Waals surface area contributed by atoms with Gasteiger partial charge in [0.25, 0.3) is 0 Å². The summed E-state index contributed by atoms with van der Waals surface area (Å²) in [5.41, 5.74) is 5.38. The largest absolute Gasteiger partial charge is 0.489 e. The van der Waals surface area contributed by atoms with Crippen molar-refractivity contribution in [2.75, 3.05) is 6.61 Å². The predicted octanol–water partition coefficient (Wildman–Crippen LogP) is 9.14. The molecule has 0 aliphatic heterocycles. The van der Waals surface area contributed by atoms with Crippen LogP contribution in [0.15, 0.2) is 78.9 Å². The molecule has 0 aliphatic carbocycles. The van der Waals surface area contributed by atoms with Crippen LogP contribution in [0.4, 0.5) is 0 Å². The Balaban J connectivity index is 1.54. The maximum atomic E-state index is 12.4. The number of benzene rings is 4. The third kappa shape index (κ3) is 6.19. The molecule has 0 heterocycles. The Hall–Kier alpha value is -3.59. The van der Waals surface area contributed by atoms with Gasteiger partial charge in [0, 0.05) is 10.8 Å². The Labute approximate surface area is 234 Å². The lowest BCUT2D eigenvalue weighted by Crippen LogP contribution is -2.27. The maximum Gasteiger partial charge on any atom is 0.175 e. The average molecular weight is 523 g/mol.